The van der Waals surface area contributed by atoms with Crippen LogP contribution in [0.15, 0.2) is 18.2 Å². The second kappa shape index (κ2) is 5.33. The largest absolute Gasteiger partial charge is 0.276 e. The maximum atomic E-state index is 11.0. The van der Waals surface area contributed by atoms with Gasteiger partial charge in [-0.15, -0.1) is 5.10 Å². The average Bonchev–Trinajstić information content (AvgIpc) is 3.07. The molecule has 0 atom stereocenters. The summed E-state index contributed by atoms with van der Waals surface area (Å²) in [5.41, 5.74) is -0.295. The number of benzene rings is 1. The third kappa shape index (κ3) is 2.43. The van der Waals surface area contributed by atoms with Crippen LogP contribution in [0.3, 0.4) is 0 Å². The topological polar surface area (TPSA) is 129 Å². The summed E-state index contributed by atoms with van der Waals surface area (Å²) >= 11 is 0. The van der Waals surface area contributed by atoms with Gasteiger partial charge in [-0.2, -0.15) is 9.50 Å². The molecule has 2 heterocycles. The number of fused-ring (bicyclic) bond motifs is 1. The molecule has 24 heavy (non-hydrogen) atoms. The van der Waals surface area contributed by atoms with Crippen molar-refractivity contribution in [2.24, 2.45) is 0 Å². The number of nitro groups is 2. The molecule has 0 amide bonds. The molecule has 0 aliphatic carbocycles. The van der Waals surface area contributed by atoms with E-state index >= 15 is 0 Å². The van der Waals surface area contributed by atoms with Gasteiger partial charge in [-0.1, -0.05) is 20.4 Å². The van der Waals surface area contributed by atoms with Gasteiger partial charge in [0, 0.05) is 23.6 Å². The van der Waals surface area contributed by atoms with E-state index in [2.05, 4.69) is 21.6 Å². The summed E-state index contributed by atoms with van der Waals surface area (Å²) in [5, 5.41) is 26.7. The van der Waals surface area contributed by atoms with Crippen LogP contribution < -0.4 is 5.35 Å². The lowest BCUT2D eigenvalue weighted by molar-refractivity contribution is -0.394. The molecular weight excluding hydrogens is 316 g/mol. The molecule has 1 aromatic carbocycles. The van der Waals surface area contributed by atoms with Gasteiger partial charge in [0.15, 0.2) is 5.82 Å². The molecule has 0 fully saturated rings. The Hall–Kier alpha value is -3.43. The van der Waals surface area contributed by atoms with E-state index in [0.29, 0.717) is 17.0 Å². The third-order valence-corrected chi connectivity index (χ3v) is 3.46. The van der Waals surface area contributed by atoms with Crippen LogP contribution in [0.2, 0.25) is 0 Å². The number of aromatic nitrogens is 4. The quantitative estimate of drug-likeness (QED) is 0.527. The molecule has 0 saturated carbocycles. The second-order valence-corrected chi connectivity index (χ2v) is 5.50. The van der Waals surface area contributed by atoms with E-state index in [1.54, 1.807) is 0 Å². The summed E-state index contributed by atoms with van der Waals surface area (Å²) in [6, 6.07) is 3.33. The first-order valence-electron chi connectivity index (χ1n) is 6.97. The first-order chi connectivity index (χ1) is 11.3. The molecule has 10 heteroatoms. The Balaban J connectivity index is 2.21. The van der Waals surface area contributed by atoms with Crippen molar-refractivity contribution in [1.82, 2.24) is 19.6 Å². The molecule has 0 bridgehead atoms. The van der Waals surface area contributed by atoms with Crippen LogP contribution in [0.4, 0.5) is 11.4 Å². The van der Waals surface area contributed by atoms with Gasteiger partial charge in [-0.05, 0) is 0 Å². The minimum Gasteiger partial charge on any atom is -0.258 e. The summed E-state index contributed by atoms with van der Waals surface area (Å²) < 4.78 is 1.43. The molecule has 0 unspecified atom stereocenters. The average molecular weight is 328 g/mol. The lowest BCUT2D eigenvalue weighted by Gasteiger charge is -1.99. The van der Waals surface area contributed by atoms with Crippen molar-refractivity contribution in [2.45, 2.75) is 19.8 Å². The third-order valence-electron chi connectivity index (χ3n) is 3.46. The highest BCUT2D eigenvalue weighted by molar-refractivity contribution is 5.68. The van der Waals surface area contributed by atoms with E-state index in [1.807, 2.05) is 13.8 Å². The molecule has 0 aliphatic rings. The van der Waals surface area contributed by atoms with Crippen LogP contribution in [-0.4, -0.2) is 29.4 Å². The SMILES string of the molecule is C=c1c(-c2cc([N+](=O)[O-])cc([N+](=O)[O-])c2)nc2nc(C(C)C)nn12. The number of non-ortho nitro benzene ring substituents is 2. The molecule has 0 aliphatic heterocycles. The number of hydrogen-bond donors (Lipinski definition) is 0. The van der Waals surface area contributed by atoms with Gasteiger partial charge in [-0.25, -0.2) is 4.98 Å². The first-order valence-corrected chi connectivity index (χ1v) is 6.97. The highest BCUT2D eigenvalue weighted by Gasteiger charge is 2.21. The molecule has 0 radical (unpaired) electrons. The Morgan fingerprint density at radius 2 is 1.67 bits per heavy atom. The van der Waals surface area contributed by atoms with Gasteiger partial charge in [0.2, 0.25) is 0 Å². The van der Waals surface area contributed by atoms with E-state index in [9.17, 15) is 20.2 Å². The van der Waals surface area contributed by atoms with Crippen LogP contribution in [0.1, 0.15) is 25.6 Å². The Labute approximate surface area is 134 Å². The molecule has 3 rings (SSSR count). The van der Waals surface area contributed by atoms with Crippen molar-refractivity contribution in [1.29, 1.82) is 0 Å². The van der Waals surface area contributed by atoms with Crippen molar-refractivity contribution in [2.75, 3.05) is 0 Å². The molecule has 10 nitrogen and oxygen atoms in total. The summed E-state index contributed by atoms with van der Waals surface area (Å²) in [5.74, 6) is 1.00. The number of imidazole rings is 1. The molecule has 3 aromatic rings. The Morgan fingerprint density at radius 1 is 1.08 bits per heavy atom. The lowest BCUT2D eigenvalue weighted by Crippen LogP contribution is -2.10. The van der Waals surface area contributed by atoms with Crippen molar-refractivity contribution in [3.63, 3.8) is 0 Å². The fraction of sp³-hybridized carbons (Fsp3) is 0.214. The lowest BCUT2D eigenvalue weighted by atomic mass is 10.1. The van der Waals surface area contributed by atoms with Gasteiger partial charge in [-0.3, -0.25) is 20.2 Å². The van der Waals surface area contributed by atoms with Crippen LogP contribution in [-0.2, 0) is 0 Å². The zero-order valence-electron chi connectivity index (χ0n) is 12.8. The summed E-state index contributed by atoms with van der Waals surface area (Å²) in [7, 11) is 0. The van der Waals surface area contributed by atoms with E-state index in [-0.39, 0.29) is 17.2 Å². The van der Waals surface area contributed by atoms with E-state index < -0.39 is 21.2 Å². The molecule has 2 aromatic heterocycles. The first kappa shape index (κ1) is 15.5. The van der Waals surface area contributed by atoms with Gasteiger partial charge in [0.05, 0.1) is 21.3 Å². The number of rotatable bonds is 4. The highest BCUT2D eigenvalue weighted by Crippen LogP contribution is 2.27. The zero-order chi connectivity index (χ0) is 17.6. The van der Waals surface area contributed by atoms with Gasteiger partial charge < -0.3 is 0 Å². The van der Waals surface area contributed by atoms with Gasteiger partial charge in [0.25, 0.3) is 17.2 Å². The van der Waals surface area contributed by atoms with Crippen LogP contribution in [0, 0.1) is 20.2 Å². The van der Waals surface area contributed by atoms with Crippen LogP contribution in [0.25, 0.3) is 23.6 Å². The number of nitrogens with zero attached hydrogens (tertiary/aromatic N) is 6. The van der Waals surface area contributed by atoms with Crippen molar-refractivity contribution < 1.29 is 9.85 Å². The van der Waals surface area contributed by atoms with Crippen molar-refractivity contribution in [3.8, 4) is 11.3 Å². The van der Waals surface area contributed by atoms with Gasteiger partial charge in [0.1, 0.15) is 5.69 Å². The van der Waals surface area contributed by atoms with E-state index in [0.717, 1.165) is 6.07 Å². The predicted molar refractivity (Wildman–Crippen MR) is 84.4 cm³/mol. The number of nitro benzene ring substituents is 2. The Kier molecular flexibility index (Phi) is 3.44. The highest BCUT2D eigenvalue weighted by atomic mass is 16.6. The van der Waals surface area contributed by atoms with Gasteiger partial charge >= 0.3 is 0 Å². The maximum Gasteiger partial charge on any atom is 0.276 e. The molecule has 122 valence electrons. The molecular formula is C14H12N6O4. The van der Waals surface area contributed by atoms with E-state index in [1.165, 1.54) is 16.6 Å². The van der Waals surface area contributed by atoms with Crippen LogP contribution in [0.5, 0.6) is 0 Å². The summed E-state index contributed by atoms with van der Waals surface area (Å²) in [4.78, 5) is 29.2. The smallest absolute Gasteiger partial charge is 0.258 e. The number of hydrogen-bond acceptors (Lipinski definition) is 7. The Bertz CT molecular complexity index is 993. The van der Waals surface area contributed by atoms with Crippen molar-refractivity contribution >= 4 is 23.7 Å². The van der Waals surface area contributed by atoms with E-state index in [4.69, 9.17) is 0 Å². The monoisotopic (exact) mass is 328 g/mol. The standard InChI is InChI=1S/C14H12N6O4/c1-7(2)13-16-14-15-12(8(3)18(14)17-13)9-4-10(19(21)22)6-11(5-9)20(23)24/h4-7H,3H2,1-2H3. The van der Waals surface area contributed by atoms with Crippen LogP contribution >= 0.6 is 0 Å². The minimum atomic E-state index is -0.692. The predicted octanol–water partition coefficient (Wildman–Crippen LogP) is 1.86. The molecule has 0 spiro atoms. The normalized spacial score (nSPS) is 11.3. The fourth-order valence-corrected chi connectivity index (χ4v) is 2.26. The summed E-state index contributed by atoms with van der Waals surface area (Å²) in [6.45, 7) is 7.73. The fourth-order valence-electron chi connectivity index (χ4n) is 2.26. The van der Waals surface area contributed by atoms with Crippen molar-refractivity contribution in [3.05, 3.63) is 49.6 Å². The Morgan fingerprint density at radius 3 is 2.12 bits per heavy atom. The minimum absolute atomic E-state index is 0.105. The second-order valence-electron chi connectivity index (χ2n) is 5.50. The maximum absolute atomic E-state index is 11.0. The molecule has 0 N–H and O–H groups in total. The zero-order valence-corrected chi connectivity index (χ0v) is 12.8. The molecule has 0 saturated heterocycles. The summed E-state index contributed by atoms with van der Waals surface area (Å²) in [6.07, 6.45) is 0.